The maximum absolute atomic E-state index is 10.6. The Morgan fingerprint density at radius 1 is 0.773 bits per heavy atom. The second-order valence-electron chi connectivity index (χ2n) is 5.08. The first kappa shape index (κ1) is 18.0. The van der Waals surface area contributed by atoms with Gasteiger partial charge in [-0.25, -0.2) is 0 Å². The SMILES string of the molecule is CC.O=C(O)Cc1ccc(CCCCc2ccccc2)cc1. The third-order valence-electron chi connectivity index (χ3n) is 3.40. The summed E-state index contributed by atoms with van der Waals surface area (Å²) in [5, 5.41) is 8.72. The second kappa shape index (κ2) is 10.6. The predicted molar refractivity (Wildman–Crippen MR) is 92.2 cm³/mol. The van der Waals surface area contributed by atoms with Crippen molar-refractivity contribution in [3.63, 3.8) is 0 Å². The van der Waals surface area contributed by atoms with E-state index < -0.39 is 5.97 Å². The molecule has 2 aromatic carbocycles. The van der Waals surface area contributed by atoms with Gasteiger partial charge in [-0.05, 0) is 42.4 Å². The van der Waals surface area contributed by atoms with Gasteiger partial charge in [-0.2, -0.15) is 0 Å². The number of benzene rings is 2. The third kappa shape index (κ3) is 7.07. The summed E-state index contributed by atoms with van der Waals surface area (Å²) in [4.78, 5) is 10.6. The molecule has 2 rings (SSSR count). The first-order chi connectivity index (χ1) is 10.7. The van der Waals surface area contributed by atoms with Crippen LogP contribution < -0.4 is 0 Å². The molecule has 0 amide bonds. The molecule has 0 aliphatic rings. The third-order valence-corrected chi connectivity index (χ3v) is 3.40. The van der Waals surface area contributed by atoms with Crippen LogP contribution in [0.5, 0.6) is 0 Å². The monoisotopic (exact) mass is 298 g/mol. The Bertz CT molecular complexity index is 529. The fraction of sp³-hybridized carbons (Fsp3) is 0.350. The van der Waals surface area contributed by atoms with Crippen molar-refractivity contribution < 1.29 is 9.90 Å². The molecule has 0 atom stereocenters. The molecular weight excluding hydrogens is 272 g/mol. The molecule has 0 radical (unpaired) electrons. The Kier molecular flexibility index (Phi) is 8.66. The number of aryl methyl sites for hydroxylation is 2. The highest BCUT2D eigenvalue weighted by atomic mass is 16.4. The van der Waals surface area contributed by atoms with Gasteiger partial charge in [-0.1, -0.05) is 68.4 Å². The van der Waals surface area contributed by atoms with E-state index in [1.807, 2.05) is 44.2 Å². The molecule has 118 valence electrons. The van der Waals surface area contributed by atoms with E-state index >= 15 is 0 Å². The van der Waals surface area contributed by atoms with E-state index in [0.29, 0.717) is 0 Å². The lowest BCUT2D eigenvalue weighted by Gasteiger charge is -2.04. The first-order valence-corrected chi connectivity index (χ1v) is 8.07. The van der Waals surface area contributed by atoms with Gasteiger partial charge in [0, 0.05) is 0 Å². The summed E-state index contributed by atoms with van der Waals surface area (Å²) in [7, 11) is 0. The lowest BCUT2D eigenvalue weighted by Crippen LogP contribution is -1.99. The van der Waals surface area contributed by atoms with Gasteiger partial charge in [0.15, 0.2) is 0 Å². The molecule has 2 heteroatoms. The number of aliphatic carboxylic acids is 1. The minimum absolute atomic E-state index is 0.105. The van der Waals surface area contributed by atoms with Gasteiger partial charge in [0.2, 0.25) is 0 Å². The van der Waals surface area contributed by atoms with Gasteiger partial charge < -0.3 is 5.11 Å². The zero-order valence-electron chi connectivity index (χ0n) is 13.6. The number of rotatable bonds is 7. The van der Waals surface area contributed by atoms with Crippen LogP contribution in [-0.2, 0) is 24.1 Å². The van der Waals surface area contributed by atoms with Gasteiger partial charge in [0.25, 0.3) is 0 Å². The fourth-order valence-corrected chi connectivity index (χ4v) is 2.30. The first-order valence-electron chi connectivity index (χ1n) is 8.07. The van der Waals surface area contributed by atoms with Crippen LogP contribution in [0.4, 0.5) is 0 Å². The Hall–Kier alpha value is -2.09. The van der Waals surface area contributed by atoms with Crippen LogP contribution in [0.3, 0.4) is 0 Å². The van der Waals surface area contributed by atoms with Gasteiger partial charge in [0.05, 0.1) is 6.42 Å². The smallest absolute Gasteiger partial charge is 0.307 e. The van der Waals surface area contributed by atoms with Crippen molar-refractivity contribution in [2.75, 3.05) is 0 Å². The number of carbonyl (C=O) groups is 1. The summed E-state index contributed by atoms with van der Waals surface area (Å²) >= 11 is 0. The van der Waals surface area contributed by atoms with Crippen LogP contribution in [0.15, 0.2) is 54.6 Å². The van der Waals surface area contributed by atoms with Crippen LogP contribution in [0, 0.1) is 0 Å². The standard InChI is InChI=1S/C18H20O2.C2H6/c19-18(20)14-17-12-10-16(11-13-17)9-5-4-8-15-6-2-1-3-7-15;1-2/h1-3,6-7,10-13H,4-5,8-9,14H2,(H,19,20);1-2H3. The molecule has 0 heterocycles. The average molecular weight is 298 g/mol. The normalized spacial score (nSPS) is 9.73. The molecule has 2 aromatic rings. The number of unbranched alkanes of at least 4 members (excludes halogenated alkanes) is 1. The highest BCUT2D eigenvalue weighted by Crippen LogP contribution is 2.11. The Morgan fingerprint density at radius 2 is 1.23 bits per heavy atom. The number of hydrogen-bond donors (Lipinski definition) is 1. The Labute approximate surface area is 133 Å². The fourth-order valence-electron chi connectivity index (χ4n) is 2.30. The number of hydrogen-bond acceptors (Lipinski definition) is 1. The average Bonchev–Trinajstić information content (AvgIpc) is 2.55. The van der Waals surface area contributed by atoms with Crippen molar-refractivity contribution in [1.29, 1.82) is 0 Å². The van der Waals surface area contributed by atoms with Crippen molar-refractivity contribution in [2.45, 2.75) is 46.0 Å². The zero-order valence-corrected chi connectivity index (χ0v) is 13.6. The summed E-state index contributed by atoms with van der Waals surface area (Å²) in [6.45, 7) is 4.00. The van der Waals surface area contributed by atoms with E-state index in [4.69, 9.17) is 5.11 Å². The van der Waals surface area contributed by atoms with Crippen LogP contribution in [0.25, 0.3) is 0 Å². The Morgan fingerprint density at radius 3 is 1.73 bits per heavy atom. The summed E-state index contributed by atoms with van der Waals surface area (Å²) in [5.74, 6) is -0.777. The predicted octanol–water partition coefficient (Wildman–Crippen LogP) is 4.91. The molecule has 0 spiro atoms. The van der Waals surface area contributed by atoms with Gasteiger partial charge >= 0.3 is 5.97 Å². The molecule has 0 aromatic heterocycles. The van der Waals surface area contributed by atoms with Gasteiger partial charge in [-0.15, -0.1) is 0 Å². The van der Waals surface area contributed by atoms with Gasteiger partial charge in [0.1, 0.15) is 0 Å². The van der Waals surface area contributed by atoms with Crippen molar-refractivity contribution in [1.82, 2.24) is 0 Å². The molecule has 0 aliphatic heterocycles. The van der Waals surface area contributed by atoms with E-state index in [1.54, 1.807) is 0 Å². The number of carboxylic acids is 1. The quantitative estimate of drug-likeness (QED) is 0.738. The molecule has 22 heavy (non-hydrogen) atoms. The molecule has 0 fully saturated rings. The largest absolute Gasteiger partial charge is 0.481 e. The molecule has 0 aliphatic carbocycles. The Balaban J connectivity index is 0.00000116. The maximum Gasteiger partial charge on any atom is 0.307 e. The van der Waals surface area contributed by atoms with Crippen molar-refractivity contribution in [3.05, 3.63) is 71.3 Å². The summed E-state index contributed by atoms with van der Waals surface area (Å²) in [6.07, 6.45) is 4.63. The van der Waals surface area contributed by atoms with E-state index in [1.165, 1.54) is 17.5 Å². The van der Waals surface area contributed by atoms with E-state index in [9.17, 15) is 4.79 Å². The molecular formula is C20H26O2. The molecule has 0 saturated carbocycles. The molecule has 2 nitrogen and oxygen atoms in total. The highest BCUT2D eigenvalue weighted by Gasteiger charge is 2.00. The maximum atomic E-state index is 10.6. The minimum Gasteiger partial charge on any atom is -0.481 e. The second-order valence-corrected chi connectivity index (χ2v) is 5.08. The van der Waals surface area contributed by atoms with Crippen LogP contribution in [0.2, 0.25) is 0 Å². The van der Waals surface area contributed by atoms with Crippen LogP contribution >= 0.6 is 0 Å². The molecule has 0 unspecified atom stereocenters. The van der Waals surface area contributed by atoms with E-state index in [2.05, 4.69) is 24.3 Å². The van der Waals surface area contributed by atoms with E-state index in [0.717, 1.165) is 24.8 Å². The lowest BCUT2D eigenvalue weighted by molar-refractivity contribution is -0.136. The lowest BCUT2D eigenvalue weighted by atomic mass is 10.0. The molecule has 0 saturated heterocycles. The number of carboxylic acid groups (broad SMARTS) is 1. The summed E-state index contributed by atoms with van der Waals surface area (Å²) in [5.41, 5.74) is 3.54. The van der Waals surface area contributed by atoms with E-state index in [-0.39, 0.29) is 6.42 Å². The topological polar surface area (TPSA) is 37.3 Å². The zero-order chi connectivity index (χ0) is 16.2. The summed E-state index contributed by atoms with van der Waals surface area (Å²) in [6, 6.07) is 18.5. The molecule has 1 N–H and O–H groups in total. The highest BCUT2D eigenvalue weighted by molar-refractivity contribution is 5.70. The van der Waals surface area contributed by atoms with Crippen molar-refractivity contribution in [2.24, 2.45) is 0 Å². The summed E-state index contributed by atoms with van der Waals surface area (Å²) < 4.78 is 0. The van der Waals surface area contributed by atoms with Crippen LogP contribution in [-0.4, -0.2) is 11.1 Å². The van der Waals surface area contributed by atoms with Gasteiger partial charge in [-0.3, -0.25) is 4.79 Å². The minimum atomic E-state index is -0.777. The van der Waals surface area contributed by atoms with Crippen molar-refractivity contribution in [3.8, 4) is 0 Å². The van der Waals surface area contributed by atoms with Crippen molar-refractivity contribution >= 4 is 5.97 Å². The van der Waals surface area contributed by atoms with Crippen LogP contribution in [0.1, 0.15) is 43.4 Å². The molecule has 0 bridgehead atoms.